The minimum atomic E-state index is -1.41. The Kier molecular flexibility index (Phi) is 16.4. The number of aliphatic carboxylic acids is 2. The largest absolute Gasteiger partial charge is 0.481 e. The standard InChI is InChI=1S/C31H52N8O10/c1-17(2)15-21(31(48)49)37-28(45)23-9-6-14-39(23)30(47)20(7-3-4-12-32)36-26(43)19(10-11-25(41)42)35-27(44)22-8-5-13-38(22)29(46)18(33)16-24(34)40/h17-23H,3-16,32-33H2,1-2H3,(H2,34,40)(H,35,44)(H,36,43)(H,37,45)(H,41,42)(H,48,49)/t18-,19-,20-,21-,22-,23-/m0/s1. The maximum absolute atomic E-state index is 13.9. The van der Waals surface area contributed by atoms with Gasteiger partial charge in [-0.3, -0.25) is 33.6 Å². The first-order valence-corrected chi connectivity index (χ1v) is 16.8. The van der Waals surface area contributed by atoms with Crippen molar-refractivity contribution in [1.29, 1.82) is 0 Å². The number of carboxylic acid groups (broad SMARTS) is 2. The summed E-state index contributed by atoms with van der Waals surface area (Å²) in [5.74, 6) is -6.70. The molecule has 11 N–H and O–H groups in total. The molecule has 0 aromatic heterocycles. The molecule has 2 fully saturated rings. The lowest BCUT2D eigenvalue weighted by Gasteiger charge is -2.31. The minimum Gasteiger partial charge on any atom is -0.481 e. The second-order valence-corrected chi connectivity index (χ2v) is 13.0. The Balaban J connectivity index is 2.25. The number of hydrogen-bond donors (Lipinski definition) is 8. The van der Waals surface area contributed by atoms with Crippen LogP contribution in [0.1, 0.15) is 84.5 Å². The SMILES string of the molecule is CC(C)C[C@H](NC(=O)[C@@H]1CCCN1C(=O)[C@H](CCCCN)NC(=O)[C@H](CCC(=O)O)NC(=O)[C@@H]1CCCN1C(=O)[C@@H](N)CC(N)=O)C(=O)O. The van der Waals surface area contributed by atoms with Crippen LogP contribution in [0.5, 0.6) is 0 Å². The van der Waals surface area contributed by atoms with Crippen molar-refractivity contribution in [3.63, 3.8) is 0 Å². The molecule has 6 atom stereocenters. The molecule has 0 bridgehead atoms. The van der Waals surface area contributed by atoms with Crippen LogP contribution in [0.4, 0.5) is 0 Å². The van der Waals surface area contributed by atoms with Crippen LogP contribution in [0.15, 0.2) is 0 Å². The Morgan fingerprint density at radius 1 is 0.776 bits per heavy atom. The molecule has 18 heteroatoms. The Morgan fingerprint density at radius 2 is 1.33 bits per heavy atom. The van der Waals surface area contributed by atoms with Crippen LogP contribution in [0.25, 0.3) is 0 Å². The van der Waals surface area contributed by atoms with Crippen LogP contribution < -0.4 is 33.2 Å². The lowest BCUT2D eigenvalue weighted by molar-refractivity contribution is -0.145. The highest BCUT2D eigenvalue weighted by atomic mass is 16.4. The summed E-state index contributed by atoms with van der Waals surface area (Å²) in [4.78, 5) is 104. The smallest absolute Gasteiger partial charge is 0.326 e. The van der Waals surface area contributed by atoms with Gasteiger partial charge in [-0.25, -0.2) is 4.79 Å². The number of nitrogens with one attached hydrogen (secondary N) is 3. The highest BCUT2D eigenvalue weighted by molar-refractivity contribution is 5.97. The first-order valence-electron chi connectivity index (χ1n) is 16.8. The average Bonchev–Trinajstić information content (AvgIpc) is 3.71. The summed E-state index contributed by atoms with van der Waals surface area (Å²) in [5, 5.41) is 26.6. The summed E-state index contributed by atoms with van der Waals surface area (Å²) in [6, 6.07) is -6.99. The van der Waals surface area contributed by atoms with E-state index in [9.17, 15) is 48.6 Å². The van der Waals surface area contributed by atoms with Crippen molar-refractivity contribution in [1.82, 2.24) is 25.8 Å². The number of hydrogen-bond acceptors (Lipinski definition) is 10. The third kappa shape index (κ3) is 12.6. The first kappa shape index (κ1) is 40.9. The molecule has 2 saturated heterocycles. The van der Waals surface area contributed by atoms with Crippen molar-refractivity contribution < 1.29 is 48.6 Å². The molecule has 49 heavy (non-hydrogen) atoms. The van der Waals surface area contributed by atoms with Crippen LogP contribution in [0, 0.1) is 5.92 Å². The number of rotatable bonds is 20. The van der Waals surface area contributed by atoms with E-state index in [-0.39, 0.29) is 51.1 Å². The second-order valence-electron chi connectivity index (χ2n) is 13.0. The van der Waals surface area contributed by atoms with Crippen molar-refractivity contribution in [2.24, 2.45) is 23.1 Å². The van der Waals surface area contributed by atoms with Crippen LogP contribution in [-0.4, -0.2) is 123 Å². The Hall–Kier alpha value is -4.32. The van der Waals surface area contributed by atoms with E-state index in [1.54, 1.807) is 0 Å². The summed E-state index contributed by atoms with van der Waals surface area (Å²) < 4.78 is 0. The zero-order chi connectivity index (χ0) is 36.8. The predicted octanol–water partition coefficient (Wildman–Crippen LogP) is -2.25. The van der Waals surface area contributed by atoms with E-state index in [1.807, 2.05) is 13.8 Å². The second kappa shape index (κ2) is 19.6. The van der Waals surface area contributed by atoms with Crippen LogP contribution in [-0.2, 0) is 38.4 Å². The van der Waals surface area contributed by atoms with Gasteiger partial charge in [-0.15, -0.1) is 0 Å². The van der Waals surface area contributed by atoms with Gasteiger partial charge >= 0.3 is 11.9 Å². The molecule has 2 rings (SSSR count). The Morgan fingerprint density at radius 3 is 1.82 bits per heavy atom. The Bertz CT molecular complexity index is 1230. The fraction of sp³-hybridized carbons (Fsp3) is 0.742. The van der Waals surface area contributed by atoms with E-state index in [1.165, 1.54) is 9.80 Å². The molecule has 276 valence electrons. The fourth-order valence-corrected chi connectivity index (χ4v) is 6.11. The third-order valence-corrected chi connectivity index (χ3v) is 8.58. The number of primary amides is 1. The van der Waals surface area contributed by atoms with E-state index in [4.69, 9.17) is 17.2 Å². The fourth-order valence-electron chi connectivity index (χ4n) is 6.11. The normalized spacial score (nSPS) is 19.9. The topological polar surface area (TPSA) is 298 Å². The number of amides is 6. The number of nitrogens with zero attached hydrogens (tertiary/aromatic N) is 2. The lowest BCUT2D eigenvalue weighted by Crippen LogP contribution is -2.59. The molecule has 0 radical (unpaired) electrons. The zero-order valence-corrected chi connectivity index (χ0v) is 28.2. The maximum atomic E-state index is 13.9. The summed E-state index contributed by atoms with van der Waals surface area (Å²) in [5.41, 5.74) is 16.6. The predicted molar refractivity (Wildman–Crippen MR) is 174 cm³/mol. The van der Waals surface area contributed by atoms with Gasteiger partial charge in [0.25, 0.3) is 0 Å². The molecule has 2 aliphatic rings. The van der Waals surface area contributed by atoms with Gasteiger partial charge in [0.15, 0.2) is 0 Å². The number of carbonyl (C=O) groups excluding carboxylic acids is 6. The molecule has 2 aliphatic heterocycles. The molecular weight excluding hydrogens is 644 g/mol. The molecule has 0 aromatic rings. The number of carbonyl (C=O) groups is 8. The summed E-state index contributed by atoms with van der Waals surface area (Å²) >= 11 is 0. The molecule has 18 nitrogen and oxygen atoms in total. The van der Waals surface area contributed by atoms with Gasteiger partial charge in [-0.2, -0.15) is 0 Å². The average molecular weight is 697 g/mol. The highest BCUT2D eigenvalue weighted by Crippen LogP contribution is 2.22. The van der Waals surface area contributed by atoms with Gasteiger partial charge in [-0.1, -0.05) is 13.8 Å². The quantitative estimate of drug-likeness (QED) is 0.0627. The number of carboxylic acids is 2. The molecule has 0 saturated carbocycles. The summed E-state index contributed by atoms with van der Waals surface area (Å²) in [7, 11) is 0. The molecule has 6 amide bonds. The monoisotopic (exact) mass is 696 g/mol. The van der Waals surface area contributed by atoms with Crippen molar-refractivity contribution in [2.75, 3.05) is 19.6 Å². The molecular formula is C31H52N8O10. The zero-order valence-electron chi connectivity index (χ0n) is 28.2. The van der Waals surface area contributed by atoms with E-state index >= 15 is 0 Å². The van der Waals surface area contributed by atoms with Crippen LogP contribution in [0.3, 0.4) is 0 Å². The van der Waals surface area contributed by atoms with Gasteiger partial charge in [-0.05, 0) is 70.3 Å². The van der Waals surface area contributed by atoms with E-state index in [0.29, 0.717) is 32.2 Å². The number of unbranched alkanes of at least 4 members (excludes halogenated alkanes) is 1. The van der Waals surface area contributed by atoms with Gasteiger partial charge in [0.2, 0.25) is 35.4 Å². The number of nitrogens with two attached hydrogens (primary N) is 3. The molecule has 0 unspecified atom stereocenters. The van der Waals surface area contributed by atoms with Crippen molar-refractivity contribution >= 4 is 47.4 Å². The van der Waals surface area contributed by atoms with E-state index in [0.717, 1.165) is 0 Å². The number of likely N-dealkylation sites (tertiary alicyclic amines) is 2. The first-order chi connectivity index (χ1) is 23.1. The minimum absolute atomic E-state index is 0.0175. The van der Waals surface area contributed by atoms with Crippen molar-refractivity contribution in [2.45, 2.75) is 121 Å². The third-order valence-electron chi connectivity index (χ3n) is 8.58. The Labute approximate surface area is 285 Å². The van der Waals surface area contributed by atoms with Crippen molar-refractivity contribution in [3.05, 3.63) is 0 Å². The summed E-state index contributed by atoms with van der Waals surface area (Å²) in [6.07, 6.45) is 1.40. The van der Waals surface area contributed by atoms with Gasteiger partial charge < -0.3 is 53.2 Å². The van der Waals surface area contributed by atoms with Gasteiger partial charge in [0, 0.05) is 19.5 Å². The van der Waals surface area contributed by atoms with Gasteiger partial charge in [0.05, 0.1) is 12.5 Å². The highest BCUT2D eigenvalue weighted by Gasteiger charge is 2.41. The van der Waals surface area contributed by atoms with Crippen LogP contribution in [0.2, 0.25) is 0 Å². The lowest BCUT2D eigenvalue weighted by atomic mass is 10.0. The summed E-state index contributed by atoms with van der Waals surface area (Å²) in [6.45, 7) is 4.30. The maximum Gasteiger partial charge on any atom is 0.326 e. The van der Waals surface area contributed by atoms with Gasteiger partial charge in [0.1, 0.15) is 30.2 Å². The van der Waals surface area contributed by atoms with Crippen LogP contribution >= 0.6 is 0 Å². The van der Waals surface area contributed by atoms with E-state index in [2.05, 4.69) is 16.0 Å². The van der Waals surface area contributed by atoms with E-state index < -0.39 is 96.5 Å². The molecule has 0 spiro atoms. The van der Waals surface area contributed by atoms with Crippen molar-refractivity contribution in [3.8, 4) is 0 Å². The molecule has 0 aliphatic carbocycles. The molecule has 2 heterocycles. The molecule has 0 aromatic carbocycles.